The van der Waals surface area contributed by atoms with Crippen LogP contribution in [0.15, 0.2) is 42.5 Å². The second-order valence-corrected chi connectivity index (χ2v) is 5.08. The second kappa shape index (κ2) is 7.14. The van der Waals surface area contributed by atoms with Gasteiger partial charge in [0.15, 0.2) is 6.61 Å². The second-order valence-electron chi connectivity index (χ2n) is 5.08. The Kier molecular flexibility index (Phi) is 5.33. The van der Waals surface area contributed by atoms with Crippen molar-refractivity contribution in [1.82, 2.24) is 0 Å². The summed E-state index contributed by atoms with van der Waals surface area (Å²) in [7, 11) is 0. The highest BCUT2D eigenvalue weighted by Crippen LogP contribution is 2.36. The fourth-order valence-corrected chi connectivity index (χ4v) is 1.94. The summed E-state index contributed by atoms with van der Waals surface area (Å²) in [6.07, 6.45) is -9.50. The van der Waals surface area contributed by atoms with E-state index in [1.54, 1.807) is 0 Å². The Balaban J connectivity index is 2.36. The third-order valence-electron chi connectivity index (χ3n) is 3.10. The molecule has 0 fully saturated rings. The van der Waals surface area contributed by atoms with Crippen LogP contribution in [0.4, 0.5) is 32.0 Å². The minimum atomic E-state index is -4.78. The Morgan fingerprint density at radius 3 is 2.27 bits per heavy atom. The number of aromatic hydroxyl groups is 1. The number of hydrogen-bond acceptors (Lipinski definition) is 3. The van der Waals surface area contributed by atoms with Crippen LogP contribution in [-0.4, -0.2) is 23.8 Å². The number of amides is 1. The van der Waals surface area contributed by atoms with Crippen LogP contribution in [0, 0.1) is 0 Å². The molecule has 1 amide bonds. The normalized spacial score (nSPS) is 11.9. The number of para-hydroxylation sites is 1. The summed E-state index contributed by atoms with van der Waals surface area (Å²) < 4.78 is 79.8. The molecule has 2 rings (SSSR count). The first-order valence-electron chi connectivity index (χ1n) is 6.97. The Labute approximate surface area is 143 Å². The average Bonchev–Trinajstić information content (AvgIpc) is 2.52. The van der Waals surface area contributed by atoms with E-state index in [-0.39, 0.29) is 5.56 Å². The van der Waals surface area contributed by atoms with E-state index in [9.17, 15) is 36.2 Å². The highest BCUT2D eigenvalue weighted by molar-refractivity contribution is 6.06. The van der Waals surface area contributed by atoms with Gasteiger partial charge in [-0.25, -0.2) is 0 Å². The van der Waals surface area contributed by atoms with Gasteiger partial charge in [-0.1, -0.05) is 12.1 Å². The summed E-state index contributed by atoms with van der Waals surface area (Å²) in [5.41, 5.74) is -2.08. The first-order chi connectivity index (χ1) is 12.0. The van der Waals surface area contributed by atoms with E-state index in [0.29, 0.717) is 18.2 Å². The van der Waals surface area contributed by atoms with Gasteiger partial charge in [-0.3, -0.25) is 4.79 Å². The topological polar surface area (TPSA) is 58.6 Å². The van der Waals surface area contributed by atoms with Crippen molar-refractivity contribution in [2.75, 3.05) is 11.9 Å². The van der Waals surface area contributed by atoms with Crippen LogP contribution in [-0.2, 0) is 6.18 Å². The van der Waals surface area contributed by atoms with Gasteiger partial charge in [-0.05, 0) is 30.3 Å². The fraction of sp³-hybridized carbons (Fsp3) is 0.188. The van der Waals surface area contributed by atoms with Crippen molar-refractivity contribution in [3.63, 3.8) is 0 Å². The summed E-state index contributed by atoms with van der Waals surface area (Å²) in [4.78, 5) is 12.1. The lowest BCUT2D eigenvalue weighted by atomic mass is 10.1. The van der Waals surface area contributed by atoms with Gasteiger partial charge in [0.05, 0.1) is 16.8 Å². The van der Waals surface area contributed by atoms with Gasteiger partial charge in [-0.15, -0.1) is 0 Å². The lowest BCUT2D eigenvalue weighted by molar-refractivity contribution is -0.153. The lowest BCUT2D eigenvalue weighted by Gasteiger charge is -2.16. The van der Waals surface area contributed by atoms with Crippen molar-refractivity contribution in [2.24, 2.45) is 0 Å². The predicted octanol–water partition coefficient (Wildman–Crippen LogP) is 4.60. The smallest absolute Gasteiger partial charge is 0.422 e. The summed E-state index contributed by atoms with van der Waals surface area (Å²) in [6.45, 7) is -1.75. The monoisotopic (exact) mass is 379 g/mol. The molecule has 2 aromatic carbocycles. The zero-order valence-corrected chi connectivity index (χ0v) is 12.8. The molecule has 0 aliphatic heterocycles. The number of nitrogens with one attached hydrogen (secondary N) is 1. The van der Waals surface area contributed by atoms with Crippen LogP contribution in [0.5, 0.6) is 11.5 Å². The van der Waals surface area contributed by atoms with Gasteiger partial charge in [0.1, 0.15) is 11.5 Å². The third kappa shape index (κ3) is 5.04. The van der Waals surface area contributed by atoms with Gasteiger partial charge in [0.2, 0.25) is 0 Å². The van der Waals surface area contributed by atoms with Crippen molar-refractivity contribution in [3.8, 4) is 11.5 Å². The summed E-state index contributed by atoms with van der Waals surface area (Å²) >= 11 is 0. The summed E-state index contributed by atoms with van der Waals surface area (Å²) in [5, 5.41) is 11.6. The van der Waals surface area contributed by atoms with E-state index < -0.39 is 47.6 Å². The number of rotatable bonds is 4. The highest BCUT2D eigenvalue weighted by Gasteiger charge is 2.33. The van der Waals surface area contributed by atoms with Crippen LogP contribution in [0.1, 0.15) is 15.9 Å². The molecule has 0 radical (unpaired) electrons. The maximum atomic E-state index is 12.8. The summed E-state index contributed by atoms with van der Waals surface area (Å²) in [6, 6.07) is 6.81. The number of benzene rings is 2. The molecule has 26 heavy (non-hydrogen) atoms. The van der Waals surface area contributed by atoms with Crippen molar-refractivity contribution >= 4 is 11.6 Å². The average molecular weight is 379 g/mol. The van der Waals surface area contributed by atoms with Crippen molar-refractivity contribution in [3.05, 3.63) is 53.6 Å². The number of alkyl halides is 6. The predicted molar refractivity (Wildman–Crippen MR) is 79.1 cm³/mol. The molecule has 0 unspecified atom stereocenters. The number of halogens is 6. The van der Waals surface area contributed by atoms with E-state index >= 15 is 0 Å². The molecular formula is C16H11F6NO3. The molecule has 0 aromatic heterocycles. The third-order valence-corrected chi connectivity index (χ3v) is 3.10. The first-order valence-corrected chi connectivity index (χ1v) is 6.97. The SMILES string of the molecule is O=C(Nc1cc(C(F)(F)F)ccc1OCC(F)(F)F)c1ccccc1O. The van der Waals surface area contributed by atoms with Crippen LogP contribution in [0.25, 0.3) is 0 Å². The highest BCUT2D eigenvalue weighted by atomic mass is 19.4. The lowest BCUT2D eigenvalue weighted by Crippen LogP contribution is -2.21. The number of phenolic OH excluding ortho intramolecular Hbond substituents is 1. The number of hydrogen-bond donors (Lipinski definition) is 2. The molecule has 0 spiro atoms. The Morgan fingerprint density at radius 1 is 1.04 bits per heavy atom. The standard InChI is InChI=1S/C16H11F6NO3/c17-15(18,19)8-26-13-6-5-9(16(20,21)22)7-11(13)23-14(25)10-3-1-2-4-12(10)24/h1-7,24H,8H2,(H,23,25). The number of carbonyl (C=O) groups is 1. The Hall–Kier alpha value is -2.91. The summed E-state index contributed by atoms with van der Waals surface area (Å²) in [5.74, 6) is -2.06. The molecule has 4 nitrogen and oxygen atoms in total. The molecule has 0 saturated carbocycles. The van der Waals surface area contributed by atoms with Crippen molar-refractivity contribution < 1.29 is 41.0 Å². The molecule has 0 aliphatic rings. The fourth-order valence-electron chi connectivity index (χ4n) is 1.94. The van der Waals surface area contributed by atoms with E-state index in [4.69, 9.17) is 0 Å². The van der Waals surface area contributed by atoms with Crippen LogP contribution in [0.3, 0.4) is 0 Å². The van der Waals surface area contributed by atoms with Crippen LogP contribution in [0.2, 0.25) is 0 Å². The van der Waals surface area contributed by atoms with Gasteiger partial charge < -0.3 is 15.2 Å². The maximum Gasteiger partial charge on any atom is 0.422 e. The molecule has 2 N–H and O–H groups in total. The number of anilines is 1. The Morgan fingerprint density at radius 2 is 1.69 bits per heavy atom. The van der Waals surface area contributed by atoms with E-state index in [0.717, 1.165) is 0 Å². The van der Waals surface area contributed by atoms with Gasteiger partial charge in [0.25, 0.3) is 5.91 Å². The quantitative estimate of drug-likeness (QED) is 0.763. The minimum absolute atomic E-state index is 0.272. The van der Waals surface area contributed by atoms with E-state index in [1.165, 1.54) is 24.3 Å². The van der Waals surface area contributed by atoms with Crippen molar-refractivity contribution in [2.45, 2.75) is 12.4 Å². The molecule has 0 atom stereocenters. The molecule has 2 aromatic rings. The largest absolute Gasteiger partial charge is 0.507 e. The van der Waals surface area contributed by atoms with Gasteiger partial charge in [0, 0.05) is 0 Å². The molecule has 0 saturated heterocycles. The van der Waals surface area contributed by atoms with Gasteiger partial charge in [-0.2, -0.15) is 26.3 Å². The molecule has 140 valence electrons. The zero-order chi connectivity index (χ0) is 19.5. The zero-order valence-electron chi connectivity index (χ0n) is 12.8. The molecule has 0 heterocycles. The van der Waals surface area contributed by atoms with Crippen LogP contribution >= 0.6 is 0 Å². The van der Waals surface area contributed by atoms with E-state index in [2.05, 4.69) is 4.74 Å². The maximum absolute atomic E-state index is 12.8. The van der Waals surface area contributed by atoms with E-state index in [1.807, 2.05) is 5.32 Å². The molecule has 0 aliphatic carbocycles. The first kappa shape index (κ1) is 19.4. The Bertz CT molecular complexity index is 801. The van der Waals surface area contributed by atoms with Crippen LogP contribution < -0.4 is 10.1 Å². The molecule has 10 heteroatoms. The number of carbonyl (C=O) groups excluding carboxylic acids is 1. The molecular weight excluding hydrogens is 368 g/mol. The number of ether oxygens (including phenoxy) is 1. The minimum Gasteiger partial charge on any atom is -0.507 e. The van der Waals surface area contributed by atoms with Gasteiger partial charge >= 0.3 is 12.4 Å². The number of phenols is 1. The molecule has 0 bridgehead atoms. The van der Waals surface area contributed by atoms with Crippen molar-refractivity contribution in [1.29, 1.82) is 0 Å².